The number of benzene rings is 3. The molecule has 0 aliphatic carbocycles. The molecule has 6 heteroatoms. The molecule has 0 fully saturated rings. The Hall–Kier alpha value is -3.25. The summed E-state index contributed by atoms with van der Waals surface area (Å²) in [6.07, 6.45) is 0. The van der Waals surface area contributed by atoms with Gasteiger partial charge in [-0.25, -0.2) is 0 Å². The maximum absolute atomic E-state index is 5.89. The zero-order valence-corrected chi connectivity index (χ0v) is 16.7. The minimum absolute atomic E-state index is 0.340. The smallest absolute Gasteiger partial charge is 0.196 e. The lowest BCUT2D eigenvalue weighted by Gasteiger charge is -2.11. The summed E-state index contributed by atoms with van der Waals surface area (Å²) >= 11 is 1.61. The monoisotopic (exact) mass is 403 g/mol. The number of nitrogens with zero attached hydrogens (tertiary/aromatic N) is 3. The Labute approximate surface area is 174 Å². The van der Waals surface area contributed by atoms with Crippen LogP contribution >= 0.6 is 11.8 Å². The molecule has 0 bridgehead atoms. The van der Waals surface area contributed by atoms with Crippen LogP contribution in [0.2, 0.25) is 0 Å². The highest BCUT2D eigenvalue weighted by atomic mass is 32.2. The Bertz CT molecular complexity index is 1010. The summed E-state index contributed by atoms with van der Waals surface area (Å²) in [7, 11) is 0. The van der Waals surface area contributed by atoms with Crippen LogP contribution in [0.5, 0.6) is 11.5 Å². The van der Waals surface area contributed by atoms with Crippen molar-refractivity contribution >= 4 is 11.8 Å². The number of para-hydroxylation sites is 3. The van der Waals surface area contributed by atoms with E-state index in [1.807, 2.05) is 95.6 Å². The van der Waals surface area contributed by atoms with Crippen molar-refractivity contribution in [2.24, 2.45) is 0 Å². The van der Waals surface area contributed by atoms with E-state index >= 15 is 0 Å². The van der Waals surface area contributed by atoms with E-state index in [0.29, 0.717) is 13.2 Å². The first kappa shape index (κ1) is 19.1. The van der Waals surface area contributed by atoms with Gasteiger partial charge in [-0.3, -0.25) is 4.57 Å². The van der Waals surface area contributed by atoms with Crippen LogP contribution in [0.4, 0.5) is 0 Å². The first-order valence-corrected chi connectivity index (χ1v) is 10.4. The van der Waals surface area contributed by atoms with E-state index < -0.39 is 0 Å². The van der Waals surface area contributed by atoms with Gasteiger partial charge in [0.2, 0.25) is 0 Å². The lowest BCUT2D eigenvalue weighted by molar-refractivity contribution is 0.293. The standard InChI is InChI=1S/C23H21N3O2S/c1-4-10-19(11-5-1)26-22(18-28-21-14-8-3-9-15-21)24-25-23(26)29-17-16-27-20-12-6-2-7-13-20/h1-15H,16-18H2. The fraction of sp³-hybridized carbons (Fsp3) is 0.130. The molecule has 4 aromatic rings. The Balaban J connectivity index is 1.45. The van der Waals surface area contributed by atoms with Crippen molar-refractivity contribution in [1.29, 1.82) is 0 Å². The van der Waals surface area contributed by atoms with Crippen LogP contribution in [0.1, 0.15) is 5.82 Å². The first-order chi connectivity index (χ1) is 14.4. The highest BCUT2D eigenvalue weighted by Crippen LogP contribution is 2.23. The summed E-state index contributed by atoms with van der Waals surface area (Å²) in [5.74, 6) is 3.20. The minimum atomic E-state index is 0.340. The van der Waals surface area contributed by atoms with Crippen molar-refractivity contribution in [3.63, 3.8) is 0 Å². The summed E-state index contributed by atoms with van der Waals surface area (Å²) in [6, 6.07) is 29.6. The van der Waals surface area contributed by atoms with Gasteiger partial charge in [-0.15, -0.1) is 10.2 Å². The third-order valence-electron chi connectivity index (χ3n) is 4.15. The maximum atomic E-state index is 5.89. The summed E-state index contributed by atoms with van der Waals surface area (Å²) < 4.78 is 13.7. The molecule has 0 unspecified atom stereocenters. The Morgan fingerprint density at radius 1 is 0.690 bits per heavy atom. The second-order valence-electron chi connectivity index (χ2n) is 6.18. The van der Waals surface area contributed by atoms with E-state index in [0.717, 1.165) is 33.9 Å². The Kier molecular flexibility index (Phi) is 6.45. The number of hydrogen-bond acceptors (Lipinski definition) is 5. The molecule has 0 atom stereocenters. The van der Waals surface area contributed by atoms with Crippen molar-refractivity contribution in [3.05, 3.63) is 96.8 Å². The maximum Gasteiger partial charge on any atom is 0.196 e. The van der Waals surface area contributed by atoms with E-state index in [-0.39, 0.29) is 0 Å². The molecule has 0 saturated heterocycles. The Morgan fingerprint density at radius 2 is 1.28 bits per heavy atom. The number of thioether (sulfide) groups is 1. The second kappa shape index (κ2) is 9.80. The zero-order chi connectivity index (χ0) is 19.7. The molecule has 0 spiro atoms. The quantitative estimate of drug-likeness (QED) is 0.290. The molecule has 0 N–H and O–H groups in total. The van der Waals surface area contributed by atoms with Crippen LogP contribution in [-0.4, -0.2) is 27.1 Å². The molecular formula is C23H21N3O2S. The van der Waals surface area contributed by atoms with Gasteiger partial charge < -0.3 is 9.47 Å². The number of hydrogen-bond donors (Lipinski definition) is 0. The predicted octanol–water partition coefficient (Wildman–Crippen LogP) is 5.02. The summed E-state index contributed by atoms with van der Waals surface area (Å²) in [5.41, 5.74) is 1.01. The lowest BCUT2D eigenvalue weighted by Crippen LogP contribution is -2.07. The topological polar surface area (TPSA) is 49.2 Å². The van der Waals surface area contributed by atoms with Crippen molar-refractivity contribution in [2.45, 2.75) is 11.8 Å². The predicted molar refractivity (Wildman–Crippen MR) is 115 cm³/mol. The van der Waals surface area contributed by atoms with E-state index in [1.165, 1.54) is 0 Å². The van der Waals surface area contributed by atoms with Gasteiger partial charge >= 0.3 is 0 Å². The van der Waals surface area contributed by atoms with Gasteiger partial charge in [0.25, 0.3) is 0 Å². The number of rotatable bonds is 9. The molecule has 0 saturated carbocycles. The van der Waals surface area contributed by atoms with E-state index in [4.69, 9.17) is 9.47 Å². The molecule has 1 aromatic heterocycles. The molecule has 0 radical (unpaired) electrons. The largest absolute Gasteiger partial charge is 0.493 e. The van der Waals surface area contributed by atoms with E-state index in [2.05, 4.69) is 10.2 Å². The molecular weight excluding hydrogens is 382 g/mol. The van der Waals surface area contributed by atoms with Crippen molar-refractivity contribution in [2.75, 3.05) is 12.4 Å². The first-order valence-electron chi connectivity index (χ1n) is 9.38. The van der Waals surface area contributed by atoms with Crippen molar-refractivity contribution in [3.8, 4) is 17.2 Å². The fourth-order valence-corrected chi connectivity index (χ4v) is 3.59. The van der Waals surface area contributed by atoms with E-state index in [1.54, 1.807) is 11.8 Å². The van der Waals surface area contributed by atoms with Crippen LogP contribution in [0.3, 0.4) is 0 Å². The zero-order valence-electron chi connectivity index (χ0n) is 15.8. The average Bonchev–Trinajstić information content (AvgIpc) is 3.20. The minimum Gasteiger partial charge on any atom is -0.493 e. The Morgan fingerprint density at radius 3 is 1.93 bits per heavy atom. The fourth-order valence-electron chi connectivity index (χ4n) is 2.80. The molecule has 0 aliphatic heterocycles. The van der Waals surface area contributed by atoms with Gasteiger partial charge in [-0.05, 0) is 36.4 Å². The average molecular weight is 404 g/mol. The molecule has 4 rings (SSSR count). The van der Waals surface area contributed by atoms with Crippen LogP contribution in [-0.2, 0) is 6.61 Å². The van der Waals surface area contributed by atoms with Crippen molar-refractivity contribution in [1.82, 2.24) is 14.8 Å². The van der Waals surface area contributed by atoms with Gasteiger partial charge in [0.15, 0.2) is 11.0 Å². The molecule has 3 aromatic carbocycles. The van der Waals surface area contributed by atoms with Crippen LogP contribution in [0, 0.1) is 0 Å². The van der Waals surface area contributed by atoms with Gasteiger partial charge in [-0.1, -0.05) is 66.4 Å². The molecule has 0 aliphatic rings. The SMILES string of the molecule is c1ccc(OCCSc2nnc(COc3ccccc3)n2-c2ccccc2)cc1. The molecule has 5 nitrogen and oxygen atoms in total. The van der Waals surface area contributed by atoms with Crippen LogP contribution in [0.25, 0.3) is 5.69 Å². The molecule has 0 amide bonds. The lowest BCUT2D eigenvalue weighted by atomic mass is 10.3. The molecule has 146 valence electrons. The summed E-state index contributed by atoms with van der Waals surface area (Å²) in [5, 5.41) is 9.58. The number of aromatic nitrogens is 3. The van der Waals surface area contributed by atoms with Crippen LogP contribution < -0.4 is 9.47 Å². The normalized spacial score (nSPS) is 10.6. The highest BCUT2D eigenvalue weighted by Gasteiger charge is 2.15. The van der Waals surface area contributed by atoms with Crippen LogP contribution in [0.15, 0.2) is 96.2 Å². The van der Waals surface area contributed by atoms with Gasteiger partial charge in [0.1, 0.15) is 18.1 Å². The van der Waals surface area contributed by atoms with Gasteiger partial charge in [-0.2, -0.15) is 0 Å². The van der Waals surface area contributed by atoms with Crippen molar-refractivity contribution < 1.29 is 9.47 Å². The van der Waals surface area contributed by atoms with Gasteiger partial charge in [0, 0.05) is 11.4 Å². The summed E-state index contributed by atoms with van der Waals surface area (Å²) in [4.78, 5) is 0. The van der Waals surface area contributed by atoms with E-state index in [9.17, 15) is 0 Å². The molecule has 29 heavy (non-hydrogen) atoms. The third kappa shape index (κ3) is 5.18. The van der Waals surface area contributed by atoms with Gasteiger partial charge in [0.05, 0.1) is 6.61 Å². The number of ether oxygens (including phenoxy) is 2. The second-order valence-corrected chi connectivity index (χ2v) is 7.24. The summed E-state index contributed by atoms with van der Waals surface area (Å²) in [6.45, 7) is 0.930. The highest BCUT2D eigenvalue weighted by molar-refractivity contribution is 7.99. The molecule has 1 heterocycles. The third-order valence-corrected chi connectivity index (χ3v) is 5.05.